The zero-order chi connectivity index (χ0) is 19.8. The lowest BCUT2D eigenvalue weighted by Gasteiger charge is -2.26. The van der Waals surface area contributed by atoms with Crippen LogP contribution in [-0.4, -0.2) is 66.7 Å². The number of benzene rings is 2. The fourth-order valence-electron chi connectivity index (χ4n) is 3.24. The van der Waals surface area contributed by atoms with Crippen LogP contribution in [0, 0.1) is 0 Å². The Kier molecular flexibility index (Phi) is 7.33. The van der Waals surface area contributed by atoms with E-state index in [1.54, 1.807) is 17.0 Å². The zero-order valence-electron chi connectivity index (χ0n) is 16.0. The normalized spacial score (nSPS) is 15.4. The molecule has 3 N–H and O–H groups in total. The number of aliphatic hydroxyl groups excluding tert-OH is 1. The number of morpholine rings is 1. The molecule has 2 aromatic carbocycles. The number of nitrogens with one attached hydrogen (secondary N) is 1. The molecule has 2 amide bonds. The van der Waals surface area contributed by atoms with Gasteiger partial charge in [0.2, 0.25) is 0 Å². The minimum absolute atomic E-state index is 0.0496. The number of ether oxygens (including phenoxy) is 2. The highest BCUT2D eigenvalue weighted by Gasteiger charge is 2.16. The molecule has 1 heterocycles. The molecule has 0 aliphatic carbocycles. The lowest BCUT2D eigenvalue weighted by molar-refractivity contribution is 0.0532. The van der Waals surface area contributed by atoms with Crippen molar-refractivity contribution in [2.24, 2.45) is 0 Å². The lowest BCUT2D eigenvalue weighted by atomic mass is 10.1. The molecule has 7 heteroatoms. The maximum atomic E-state index is 12.0. The monoisotopic (exact) mass is 388 g/mol. The summed E-state index contributed by atoms with van der Waals surface area (Å²) in [5, 5.41) is 24.5. The number of hydrogen-bond donors (Lipinski definition) is 3. The molecule has 1 fully saturated rings. The molecule has 1 aliphatic heterocycles. The van der Waals surface area contributed by atoms with Crippen LogP contribution in [0.5, 0.6) is 11.5 Å². The van der Waals surface area contributed by atoms with Crippen LogP contribution in [0.15, 0.2) is 36.4 Å². The molecule has 152 valence electrons. The first-order chi connectivity index (χ1) is 13.6. The summed E-state index contributed by atoms with van der Waals surface area (Å²) in [6, 6.07) is 10.7. The number of aliphatic hydroxyl groups is 1. The van der Waals surface area contributed by atoms with Crippen LogP contribution in [0.4, 0.5) is 4.79 Å². The Morgan fingerprint density at radius 2 is 1.89 bits per heavy atom. The molecular formula is C21H28N2O5. The van der Waals surface area contributed by atoms with Crippen molar-refractivity contribution < 1.29 is 24.5 Å². The van der Waals surface area contributed by atoms with Crippen molar-refractivity contribution in [3.05, 3.63) is 36.4 Å². The fourth-order valence-corrected chi connectivity index (χ4v) is 3.24. The molecule has 0 bridgehead atoms. The number of amides is 2. The number of carbonyl (C=O) groups is 1. The Morgan fingerprint density at radius 1 is 1.14 bits per heavy atom. The van der Waals surface area contributed by atoms with E-state index < -0.39 is 6.10 Å². The largest absolute Gasteiger partial charge is 0.507 e. The summed E-state index contributed by atoms with van der Waals surface area (Å²) in [5.41, 5.74) is 0. The first-order valence-corrected chi connectivity index (χ1v) is 9.77. The number of unbranched alkanes of at least 4 members (excludes halogenated alkanes) is 1. The Labute approximate surface area is 164 Å². The summed E-state index contributed by atoms with van der Waals surface area (Å²) in [6.07, 6.45) is 1.62. The van der Waals surface area contributed by atoms with Gasteiger partial charge >= 0.3 is 6.03 Å². The Morgan fingerprint density at radius 3 is 2.71 bits per heavy atom. The second kappa shape index (κ2) is 10.1. The molecule has 0 aromatic heterocycles. The molecule has 3 rings (SSSR count). The topological polar surface area (TPSA) is 91.3 Å². The number of carbonyl (C=O) groups excluding carboxylic acids is 1. The highest BCUT2D eigenvalue weighted by atomic mass is 16.5. The fraction of sp³-hybridized carbons (Fsp3) is 0.476. The number of nitrogens with zero attached hydrogens (tertiary/aromatic N) is 1. The van der Waals surface area contributed by atoms with Gasteiger partial charge in [-0.15, -0.1) is 0 Å². The SMILES string of the molecule is O=C(NCCCC[C@H](O)COc1cccc2c(O)cccc12)N1CCOCC1. The molecule has 2 aromatic rings. The average Bonchev–Trinajstić information content (AvgIpc) is 2.73. The predicted molar refractivity (Wildman–Crippen MR) is 107 cm³/mol. The Balaban J connectivity index is 1.34. The van der Waals surface area contributed by atoms with Crippen LogP contribution in [0.3, 0.4) is 0 Å². The van der Waals surface area contributed by atoms with E-state index in [9.17, 15) is 15.0 Å². The summed E-state index contributed by atoms with van der Waals surface area (Å²) < 4.78 is 11.0. The third-order valence-corrected chi connectivity index (χ3v) is 4.83. The number of rotatable bonds is 8. The smallest absolute Gasteiger partial charge is 0.317 e. The third-order valence-electron chi connectivity index (χ3n) is 4.83. The molecule has 0 radical (unpaired) electrons. The van der Waals surface area contributed by atoms with E-state index in [4.69, 9.17) is 9.47 Å². The van der Waals surface area contributed by atoms with E-state index in [1.165, 1.54) is 0 Å². The highest BCUT2D eigenvalue weighted by Crippen LogP contribution is 2.31. The summed E-state index contributed by atoms with van der Waals surface area (Å²) in [5.74, 6) is 0.854. The lowest BCUT2D eigenvalue weighted by Crippen LogP contribution is -2.46. The van der Waals surface area contributed by atoms with Gasteiger partial charge in [-0.2, -0.15) is 0 Å². The van der Waals surface area contributed by atoms with Gasteiger partial charge in [-0.25, -0.2) is 4.79 Å². The standard InChI is InChI=1S/C21H28N2O5/c24-16(5-1-2-10-22-21(26)23-11-13-27-14-12-23)15-28-20-9-4-6-17-18(20)7-3-8-19(17)25/h3-4,6-9,16,24-25H,1-2,5,10-15H2,(H,22,26)/t16-/m0/s1. The van der Waals surface area contributed by atoms with Gasteiger partial charge < -0.3 is 29.9 Å². The summed E-state index contributed by atoms with van der Waals surface area (Å²) in [4.78, 5) is 13.7. The molecule has 1 aliphatic rings. The number of aromatic hydroxyl groups is 1. The number of fused-ring (bicyclic) bond motifs is 1. The van der Waals surface area contributed by atoms with E-state index >= 15 is 0 Å². The van der Waals surface area contributed by atoms with Crippen molar-refractivity contribution >= 4 is 16.8 Å². The molecule has 0 saturated carbocycles. The van der Waals surface area contributed by atoms with Gasteiger partial charge in [-0.3, -0.25) is 0 Å². The van der Waals surface area contributed by atoms with Crippen molar-refractivity contribution in [2.45, 2.75) is 25.4 Å². The van der Waals surface area contributed by atoms with E-state index in [-0.39, 0.29) is 18.4 Å². The number of hydrogen-bond acceptors (Lipinski definition) is 5. The molecule has 0 spiro atoms. The molecular weight excluding hydrogens is 360 g/mol. The van der Waals surface area contributed by atoms with Gasteiger partial charge in [0.15, 0.2) is 0 Å². The zero-order valence-corrected chi connectivity index (χ0v) is 16.0. The van der Waals surface area contributed by atoms with E-state index in [1.807, 2.05) is 24.3 Å². The van der Waals surface area contributed by atoms with Crippen LogP contribution in [0.2, 0.25) is 0 Å². The first kappa shape index (κ1) is 20.2. The predicted octanol–water partition coefficient (Wildman–Crippen LogP) is 2.50. The molecule has 0 unspecified atom stereocenters. The van der Waals surface area contributed by atoms with Crippen LogP contribution < -0.4 is 10.1 Å². The van der Waals surface area contributed by atoms with E-state index in [0.29, 0.717) is 45.0 Å². The first-order valence-electron chi connectivity index (χ1n) is 9.77. The summed E-state index contributed by atoms with van der Waals surface area (Å²) in [6.45, 7) is 3.23. The van der Waals surface area contributed by atoms with E-state index in [0.717, 1.165) is 23.6 Å². The second-order valence-corrected chi connectivity index (χ2v) is 6.92. The average molecular weight is 388 g/mol. The van der Waals surface area contributed by atoms with Gasteiger partial charge in [-0.1, -0.05) is 24.3 Å². The number of phenolic OH excluding ortho intramolecular Hbond substituents is 1. The van der Waals surface area contributed by atoms with Crippen molar-refractivity contribution in [3.8, 4) is 11.5 Å². The minimum Gasteiger partial charge on any atom is -0.507 e. The van der Waals surface area contributed by atoms with Gasteiger partial charge in [0.1, 0.15) is 18.1 Å². The molecule has 1 atom stereocenters. The maximum Gasteiger partial charge on any atom is 0.317 e. The third kappa shape index (κ3) is 5.50. The summed E-state index contributed by atoms with van der Waals surface area (Å²) >= 11 is 0. The maximum absolute atomic E-state index is 12.0. The van der Waals surface area contributed by atoms with Gasteiger partial charge in [-0.05, 0) is 31.4 Å². The van der Waals surface area contributed by atoms with Crippen molar-refractivity contribution in [1.29, 1.82) is 0 Å². The number of urea groups is 1. The van der Waals surface area contributed by atoms with Gasteiger partial charge in [0.05, 0.1) is 19.3 Å². The van der Waals surface area contributed by atoms with Crippen LogP contribution in [0.1, 0.15) is 19.3 Å². The molecule has 28 heavy (non-hydrogen) atoms. The van der Waals surface area contributed by atoms with Crippen LogP contribution >= 0.6 is 0 Å². The van der Waals surface area contributed by atoms with Gasteiger partial charge in [0, 0.05) is 30.4 Å². The van der Waals surface area contributed by atoms with Gasteiger partial charge in [0.25, 0.3) is 0 Å². The summed E-state index contributed by atoms with van der Waals surface area (Å²) in [7, 11) is 0. The quantitative estimate of drug-likeness (QED) is 0.605. The highest BCUT2D eigenvalue weighted by molar-refractivity contribution is 5.92. The Hall–Kier alpha value is -2.51. The number of phenols is 1. The van der Waals surface area contributed by atoms with Crippen molar-refractivity contribution in [2.75, 3.05) is 39.5 Å². The second-order valence-electron chi connectivity index (χ2n) is 6.92. The Bertz CT molecular complexity index is 776. The van der Waals surface area contributed by atoms with Crippen molar-refractivity contribution in [1.82, 2.24) is 10.2 Å². The van der Waals surface area contributed by atoms with Crippen molar-refractivity contribution in [3.63, 3.8) is 0 Å². The van der Waals surface area contributed by atoms with Crippen LogP contribution in [0.25, 0.3) is 10.8 Å². The molecule has 1 saturated heterocycles. The van der Waals surface area contributed by atoms with E-state index in [2.05, 4.69) is 5.32 Å². The molecule has 7 nitrogen and oxygen atoms in total. The van der Waals surface area contributed by atoms with Crippen LogP contribution in [-0.2, 0) is 4.74 Å². The minimum atomic E-state index is -0.581.